The average molecular weight is 370 g/mol. The summed E-state index contributed by atoms with van der Waals surface area (Å²) in [6, 6.07) is 6.74. The molecule has 0 N–H and O–H groups in total. The van der Waals surface area contributed by atoms with E-state index in [-0.39, 0.29) is 0 Å². The quantitative estimate of drug-likeness (QED) is 0.771. The third-order valence-corrected chi connectivity index (χ3v) is 6.22. The van der Waals surface area contributed by atoms with Gasteiger partial charge in [0.05, 0.1) is 49.1 Å². The molecule has 0 radical (unpaired) electrons. The smallest absolute Gasteiger partial charge is 0.169 e. The summed E-state index contributed by atoms with van der Waals surface area (Å²) in [5.74, 6) is 3.09. The van der Waals surface area contributed by atoms with Crippen LogP contribution < -0.4 is 18.9 Å². The summed E-state index contributed by atoms with van der Waals surface area (Å²) in [5, 5.41) is 0. The second-order valence-corrected chi connectivity index (χ2v) is 7.90. The molecule has 0 aromatic heterocycles. The lowest BCUT2D eigenvalue weighted by atomic mass is 9.75. The van der Waals surface area contributed by atoms with Gasteiger partial charge in [0.1, 0.15) is 6.04 Å². The van der Waals surface area contributed by atoms with Crippen LogP contribution in [0.2, 0.25) is 0 Å². The van der Waals surface area contributed by atoms with Crippen molar-refractivity contribution in [2.75, 3.05) is 49.1 Å². The third kappa shape index (κ3) is 2.56. The fourth-order valence-corrected chi connectivity index (χ4v) is 4.71. The highest BCUT2D eigenvalue weighted by Gasteiger charge is 2.43. The fourth-order valence-electron chi connectivity index (χ4n) is 4.71. The first-order valence-corrected chi connectivity index (χ1v) is 9.30. The molecule has 2 aromatic carbocycles. The highest BCUT2D eigenvalue weighted by atomic mass is 16.5. The van der Waals surface area contributed by atoms with E-state index in [2.05, 4.69) is 32.3 Å². The summed E-state index contributed by atoms with van der Waals surface area (Å²) in [7, 11) is 11.4. The van der Waals surface area contributed by atoms with Crippen molar-refractivity contribution < 1.29 is 23.4 Å². The van der Waals surface area contributed by atoms with Gasteiger partial charge in [0.25, 0.3) is 0 Å². The Morgan fingerprint density at radius 2 is 1.44 bits per heavy atom. The average Bonchev–Trinajstić information content (AvgIpc) is 2.68. The molecule has 2 aliphatic rings. The first kappa shape index (κ1) is 18.0. The Kier molecular flexibility index (Phi) is 4.22. The monoisotopic (exact) mass is 370 g/mol. The molecular weight excluding hydrogens is 342 g/mol. The van der Waals surface area contributed by atoms with Crippen molar-refractivity contribution in [3.8, 4) is 34.1 Å². The van der Waals surface area contributed by atoms with Gasteiger partial charge >= 0.3 is 0 Å². The number of benzene rings is 2. The second-order valence-electron chi connectivity index (χ2n) is 7.90. The lowest BCUT2D eigenvalue weighted by Crippen LogP contribution is -2.49. The van der Waals surface area contributed by atoms with Gasteiger partial charge in [-0.05, 0) is 34.9 Å². The maximum atomic E-state index is 5.86. The number of hydrogen-bond donors (Lipinski definition) is 0. The highest BCUT2D eigenvalue weighted by Crippen LogP contribution is 2.55. The van der Waals surface area contributed by atoms with Crippen LogP contribution in [0.3, 0.4) is 0 Å². The van der Waals surface area contributed by atoms with Crippen molar-refractivity contribution in [1.82, 2.24) is 0 Å². The van der Waals surface area contributed by atoms with E-state index in [1.807, 2.05) is 0 Å². The van der Waals surface area contributed by atoms with Crippen LogP contribution in [0.4, 0.5) is 0 Å². The molecule has 1 aliphatic carbocycles. The van der Waals surface area contributed by atoms with Crippen molar-refractivity contribution in [1.29, 1.82) is 0 Å². The van der Waals surface area contributed by atoms with Crippen LogP contribution in [0.5, 0.6) is 23.0 Å². The van der Waals surface area contributed by atoms with Gasteiger partial charge in [0.2, 0.25) is 0 Å². The first-order valence-electron chi connectivity index (χ1n) is 9.30. The number of nitrogens with zero attached hydrogens (tertiary/aromatic N) is 1. The molecule has 1 atom stereocenters. The molecule has 27 heavy (non-hydrogen) atoms. The predicted molar refractivity (Wildman–Crippen MR) is 105 cm³/mol. The molecule has 144 valence electrons. The van der Waals surface area contributed by atoms with Crippen LogP contribution in [0.1, 0.15) is 22.7 Å². The van der Waals surface area contributed by atoms with Crippen molar-refractivity contribution in [3.05, 3.63) is 34.9 Å². The van der Waals surface area contributed by atoms with Gasteiger partial charge in [-0.2, -0.15) is 0 Å². The Balaban J connectivity index is 2.08. The topological polar surface area (TPSA) is 36.9 Å². The first-order chi connectivity index (χ1) is 12.9. The van der Waals surface area contributed by atoms with E-state index < -0.39 is 0 Å². The van der Waals surface area contributed by atoms with Crippen molar-refractivity contribution in [2.45, 2.75) is 18.9 Å². The minimum Gasteiger partial charge on any atom is -0.493 e. The molecule has 5 heteroatoms. The van der Waals surface area contributed by atoms with E-state index in [9.17, 15) is 0 Å². The number of ether oxygens (including phenoxy) is 4. The standard InChI is InChI=1S/C22H28NO4/c1-23(2)8-7-13-10-19(26-5)22(27-6)21-15-12-18(25-4)17(24-3)11-14(15)9-16(23)20(13)21/h10-12,16H,7-9H2,1-6H3/q+1/t16-/m1/s1. The Labute approximate surface area is 161 Å². The Hall–Kier alpha value is -2.40. The molecule has 0 amide bonds. The molecule has 0 bridgehead atoms. The molecule has 0 fully saturated rings. The van der Waals surface area contributed by atoms with Crippen LogP contribution in [0, 0.1) is 0 Å². The van der Waals surface area contributed by atoms with Crippen molar-refractivity contribution in [2.24, 2.45) is 0 Å². The van der Waals surface area contributed by atoms with Crippen molar-refractivity contribution >= 4 is 0 Å². The SMILES string of the molecule is COc1cc2c(cc1OC)-c1c(OC)c(OC)cc3c1[C@@H](C2)[N+](C)(C)CC3. The van der Waals surface area contributed by atoms with E-state index in [4.69, 9.17) is 18.9 Å². The number of quaternary nitrogens is 1. The number of methoxy groups -OCH3 is 4. The molecule has 2 aromatic rings. The van der Waals surface area contributed by atoms with Crippen LogP contribution in [-0.2, 0) is 12.8 Å². The minimum absolute atomic E-state index is 0.383. The maximum absolute atomic E-state index is 5.86. The summed E-state index contributed by atoms with van der Waals surface area (Å²) >= 11 is 0. The molecule has 1 aliphatic heterocycles. The van der Waals surface area contributed by atoms with Gasteiger partial charge in [-0.15, -0.1) is 0 Å². The summed E-state index contributed by atoms with van der Waals surface area (Å²) in [5.41, 5.74) is 6.31. The Morgan fingerprint density at radius 1 is 0.815 bits per heavy atom. The van der Waals surface area contributed by atoms with Gasteiger partial charge in [-0.3, -0.25) is 0 Å². The van der Waals surface area contributed by atoms with E-state index in [0.29, 0.717) is 6.04 Å². The predicted octanol–water partition coefficient (Wildman–Crippen LogP) is 3.62. The van der Waals surface area contributed by atoms with Crippen LogP contribution in [0.15, 0.2) is 18.2 Å². The number of likely N-dealkylation sites (N-methyl/N-ethyl adjacent to an activating group) is 1. The summed E-state index contributed by atoms with van der Waals surface area (Å²) in [6.45, 7) is 1.11. The van der Waals surface area contributed by atoms with Crippen LogP contribution >= 0.6 is 0 Å². The molecule has 1 heterocycles. The van der Waals surface area contributed by atoms with Crippen molar-refractivity contribution in [3.63, 3.8) is 0 Å². The lowest BCUT2D eigenvalue weighted by molar-refractivity contribution is -0.923. The zero-order chi connectivity index (χ0) is 19.3. The minimum atomic E-state index is 0.383. The zero-order valence-corrected chi connectivity index (χ0v) is 17.0. The molecule has 5 nitrogen and oxygen atoms in total. The van der Waals surface area contributed by atoms with Gasteiger partial charge in [-0.25, -0.2) is 0 Å². The van der Waals surface area contributed by atoms with Gasteiger partial charge in [0, 0.05) is 24.0 Å². The molecule has 0 saturated heterocycles. The number of hydrogen-bond acceptors (Lipinski definition) is 4. The van der Waals surface area contributed by atoms with E-state index >= 15 is 0 Å². The lowest BCUT2D eigenvalue weighted by Gasteiger charge is -2.46. The normalized spacial score (nSPS) is 19.0. The molecular formula is C22H28NO4+. The molecule has 4 rings (SSSR count). The zero-order valence-electron chi connectivity index (χ0n) is 17.0. The second kappa shape index (κ2) is 6.34. The fraction of sp³-hybridized carbons (Fsp3) is 0.455. The highest BCUT2D eigenvalue weighted by molar-refractivity contribution is 5.84. The van der Waals surface area contributed by atoms with E-state index in [1.54, 1.807) is 28.4 Å². The number of rotatable bonds is 4. The molecule has 0 saturated carbocycles. The summed E-state index contributed by atoms with van der Waals surface area (Å²) in [4.78, 5) is 0. The van der Waals surface area contributed by atoms with Gasteiger partial charge in [-0.1, -0.05) is 0 Å². The largest absolute Gasteiger partial charge is 0.493 e. The van der Waals surface area contributed by atoms with Gasteiger partial charge < -0.3 is 23.4 Å². The van der Waals surface area contributed by atoms with Crippen LogP contribution in [0.25, 0.3) is 11.1 Å². The van der Waals surface area contributed by atoms with E-state index in [0.717, 1.165) is 58.0 Å². The summed E-state index contributed by atoms with van der Waals surface area (Å²) < 4.78 is 23.7. The van der Waals surface area contributed by atoms with E-state index in [1.165, 1.54) is 16.7 Å². The van der Waals surface area contributed by atoms with Gasteiger partial charge in [0.15, 0.2) is 23.0 Å². The number of fused-ring (bicyclic) bond motifs is 2. The maximum Gasteiger partial charge on any atom is 0.169 e. The Bertz CT molecular complexity index is 904. The molecule has 0 unspecified atom stereocenters. The molecule has 0 spiro atoms. The Morgan fingerprint density at radius 3 is 2.07 bits per heavy atom. The van der Waals surface area contributed by atoms with Crippen LogP contribution in [-0.4, -0.2) is 53.6 Å². The summed E-state index contributed by atoms with van der Waals surface area (Å²) in [6.07, 6.45) is 2.01. The third-order valence-electron chi connectivity index (χ3n) is 6.22.